The molecule has 0 aliphatic rings. The van der Waals surface area contributed by atoms with E-state index in [-0.39, 0.29) is 5.97 Å². The number of carbonyl (C=O) groups is 1. The molecule has 0 aromatic heterocycles. The summed E-state index contributed by atoms with van der Waals surface area (Å²) in [6.07, 6.45) is 26.5. The smallest absolute Gasteiger partial charge is 0.305 e. The van der Waals surface area contributed by atoms with Gasteiger partial charge in [0.25, 0.3) is 0 Å². The Balaban J connectivity index is 3.10. The van der Waals surface area contributed by atoms with Crippen molar-refractivity contribution in [3.05, 3.63) is 0 Å². The molecular formula is C28H56O4. The molecule has 0 aromatic carbocycles. The lowest BCUT2D eigenvalue weighted by atomic mass is 10.0. The Morgan fingerprint density at radius 1 is 0.469 bits per heavy atom. The van der Waals surface area contributed by atoms with E-state index in [9.17, 15) is 4.79 Å². The zero-order chi connectivity index (χ0) is 23.4. The van der Waals surface area contributed by atoms with Gasteiger partial charge in [-0.15, -0.1) is 0 Å². The lowest BCUT2D eigenvalue weighted by Crippen LogP contribution is -2.12. The number of hydrogen-bond acceptors (Lipinski definition) is 4. The van der Waals surface area contributed by atoms with Crippen LogP contribution in [0.4, 0.5) is 0 Å². The molecule has 0 fully saturated rings. The Labute approximate surface area is 200 Å². The summed E-state index contributed by atoms with van der Waals surface area (Å²) >= 11 is 0. The SMILES string of the molecule is CCCCCCCCCCCCCCCCCCCCCC(=O)OCCOCCOCC. The molecule has 0 aromatic rings. The summed E-state index contributed by atoms with van der Waals surface area (Å²) in [6, 6.07) is 0. The van der Waals surface area contributed by atoms with Crippen molar-refractivity contribution in [2.24, 2.45) is 0 Å². The van der Waals surface area contributed by atoms with Crippen molar-refractivity contribution in [3.63, 3.8) is 0 Å². The molecule has 4 nitrogen and oxygen atoms in total. The monoisotopic (exact) mass is 456 g/mol. The lowest BCUT2D eigenvalue weighted by molar-refractivity contribution is -0.145. The van der Waals surface area contributed by atoms with E-state index in [4.69, 9.17) is 14.2 Å². The van der Waals surface area contributed by atoms with Gasteiger partial charge in [0, 0.05) is 13.0 Å². The molecule has 0 N–H and O–H groups in total. The van der Waals surface area contributed by atoms with Crippen LogP contribution in [0.5, 0.6) is 0 Å². The number of carbonyl (C=O) groups excluding carboxylic acids is 1. The molecule has 0 unspecified atom stereocenters. The van der Waals surface area contributed by atoms with Crippen molar-refractivity contribution in [2.75, 3.05) is 33.0 Å². The van der Waals surface area contributed by atoms with Crippen LogP contribution in [-0.2, 0) is 19.0 Å². The van der Waals surface area contributed by atoms with Gasteiger partial charge >= 0.3 is 5.97 Å². The fourth-order valence-electron chi connectivity index (χ4n) is 4.00. The third-order valence-electron chi connectivity index (χ3n) is 6.05. The maximum absolute atomic E-state index is 11.7. The van der Waals surface area contributed by atoms with Gasteiger partial charge < -0.3 is 14.2 Å². The standard InChI is InChI=1S/C28H56O4/c1-3-5-6-7-8-9-10-11-12-13-14-15-16-17-18-19-20-21-22-23-28(29)32-27-26-31-25-24-30-4-2/h3-27H2,1-2H3. The number of esters is 1. The Bertz CT molecular complexity index is 359. The third-order valence-corrected chi connectivity index (χ3v) is 6.05. The minimum Gasteiger partial charge on any atom is -0.463 e. The highest BCUT2D eigenvalue weighted by molar-refractivity contribution is 5.69. The van der Waals surface area contributed by atoms with E-state index in [1.54, 1.807) is 0 Å². The van der Waals surface area contributed by atoms with Gasteiger partial charge in [-0.2, -0.15) is 0 Å². The van der Waals surface area contributed by atoms with Crippen LogP contribution in [0, 0.1) is 0 Å². The maximum Gasteiger partial charge on any atom is 0.305 e. The predicted molar refractivity (Wildman–Crippen MR) is 136 cm³/mol. The van der Waals surface area contributed by atoms with Crippen LogP contribution in [0.15, 0.2) is 0 Å². The molecule has 0 spiro atoms. The van der Waals surface area contributed by atoms with Crippen molar-refractivity contribution < 1.29 is 19.0 Å². The molecule has 0 aliphatic carbocycles. The van der Waals surface area contributed by atoms with Gasteiger partial charge in [0.1, 0.15) is 6.61 Å². The second kappa shape index (κ2) is 28.4. The molecule has 0 aliphatic heterocycles. The first-order chi connectivity index (χ1) is 15.8. The van der Waals surface area contributed by atoms with E-state index in [1.807, 2.05) is 6.92 Å². The normalized spacial score (nSPS) is 11.2. The third kappa shape index (κ3) is 27.4. The average Bonchev–Trinajstić information content (AvgIpc) is 2.80. The van der Waals surface area contributed by atoms with Crippen molar-refractivity contribution in [3.8, 4) is 0 Å². The molecule has 32 heavy (non-hydrogen) atoms. The Morgan fingerprint density at radius 2 is 0.844 bits per heavy atom. The van der Waals surface area contributed by atoms with Crippen LogP contribution < -0.4 is 0 Å². The molecule has 4 heteroatoms. The quantitative estimate of drug-likeness (QED) is 0.0919. The van der Waals surface area contributed by atoms with Crippen LogP contribution in [0.3, 0.4) is 0 Å². The van der Waals surface area contributed by atoms with Crippen molar-refractivity contribution in [1.82, 2.24) is 0 Å². The molecule has 0 bridgehead atoms. The number of unbranched alkanes of at least 4 members (excludes halogenated alkanes) is 18. The van der Waals surface area contributed by atoms with Crippen molar-refractivity contribution in [2.45, 2.75) is 142 Å². The van der Waals surface area contributed by atoms with Gasteiger partial charge in [-0.05, 0) is 13.3 Å². The molecule has 0 radical (unpaired) electrons. The van der Waals surface area contributed by atoms with Crippen LogP contribution in [0.25, 0.3) is 0 Å². The number of rotatable bonds is 27. The predicted octanol–water partition coefficient (Wildman–Crippen LogP) is 8.40. The van der Waals surface area contributed by atoms with E-state index < -0.39 is 0 Å². The largest absolute Gasteiger partial charge is 0.463 e. The van der Waals surface area contributed by atoms with Gasteiger partial charge in [-0.25, -0.2) is 0 Å². The summed E-state index contributed by atoms with van der Waals surface area (Å²) in [5.41, 5.74) is 0. The van der Waals surface area contributed by atoms with Gasteiger partial charge in [-0.1, -0.05) is 122 Å². The Kier molecular flexibility index (Phi) is 27.9. The van der Waals surface area contributed by atoms with Crippen LogP contribution >= 0.6 is 0 Å². The first-order valence-corrected chi connectivity index (χ1v) is 14.1. The van der Waals surface area contributed by atoms with Crippen LogP contribution in [-0.4, -0.2) is 39.0 Å². The van der Waals surface area contributed by atoms with E-state index in [2.05, 4.69) is 6.92 Å². The Hall–Kier alpha value is -0.610. The molecule has 0 heterocycles. The van der Waals surface area contributed by atoms with Gasteiger partial charge in [0.15, 0.2) is 0 Å². The molecule has 0 rings (SSSR count). The fourth-order valence-corrected chi connectivity index (χ4v) is 4.00. The summed E-state index contributed by atoms with van der Waals surface area (Å²) in [5, 5.41) is 0. The highest BCUT2D eigenvalue weighted by atomic mass is 16.6. The second-order valence-corrected chi connectivity index (χ2v) is 9.14. The summed E-state index contributed by atoms with van der Waals surface area (Å²) in [6.45, 7) is 6.92. The van der Waals surface area contributed by atoms with Crippen molar-refractivity contribution >= 4 is 5.97 Å². The second-order valence-electron chi connectivity index (χ2n) is 9.14. The fraction of sp³-hybridized carbons (Fsp3) is 0.964. The van der Waals surface area contributed by atoms with Crippen LogP contribution in [0.1, 0.15) is 142 Å². The molecule has 192 valence electrons. The maximum atomic E-state index is 11.7. The topological polar surface area (TPSA) is 44.8 Å². The van der Waals surface area contributed by atoms with Crippen molar-refractivity contribution in [1.29, 1.82) is 0 Å². The lowest BCUT2D eigenvalue weighted by Gasteiger charge is -2.06. The highest BCUT2D eigenvalue weighted by Gasteiger charge is 2.02. The van der Waals surface area contributed by atoms with Gasteiger partial charge in [0.2, 0.25) is 0 Å². The van der Waals surface area contributed by atoms with Crippen LogP contribution in [0.2, 0.25) is 0 Å². The molecular weight excluding hydrogens is 400 g/mol. The summed E-state index contributed by atoms with van der Waals surface area (Å²) in [7, 11) is 0. The first kappa shape index (κ1) is 31.4. The Morgan fingerprint density at radius 3 is 1.28 bits per heavy atom. The summed E-state index contributed by atoms with van der Waals surface area (Å²) in [4.78, 5) is 11.7. The average molecular weight is 457 g/mol. The summed E-state index contributed by atoms with van der Waals surface area (Å²) < 4.78 is 15.7. The van der Waals surface area contributed by atoms with E-state index in [0.29, 0.717) is 39.5 Å². The number of ether oxygens (including phenoxy) is 3. The first-order valence-electron chi connectivity index (χ1n) is 14.1. The minimum atomic E-state index is -0.0922. The molecule has 0 saturated carbocycles. The van der Waals surface area contributed by atoms with E-state index in [1.165, 1.54) is 109 Å². The van der Waals surface area contributed by atoms with E-state index >= 15 is 0 Å². The van der Waals surface area contributed by atoms with Gasteiger partial charge in [-0.3, -0.25) is 4.79 Å². The highest BCUT2D eigenvalue weighted by Crippen LogP contribution is 2.14. The molecule has 0 amide bonds. The summed E-state index contributed by atoms with van der Waals surface area (Å²) in [5.74, 6) is -0.0922. The minimum absolute atomic E-state index is 0.0922. The van der Waals surface area contributed by atoms with E-state index in [0.717, 1.165) is 12.8 Å². The van der Waals surface area contributed by atoms with Gasteiger partial charge in [0.05, 0.1) is 19.8 Å². The molecule has 0 saturated heterocycles. The zero-order valence-corrected chi connectivity index (χ0v) is 21.8. The molecule has 0 atom stereocenters. The zero-order valence-electron chi connectivity index (χ0n) is 21.8. The number of hydrogen-bond donors (Lipinski definition) is 0.